The predicted octanol–water partition coefficient (Wildman–Crippen LogP) is 3.54. The smallest absolute Gasteiger partial charge is 0.304 e. The zero-order valence-electron chi connectivity index (χ0n) is 17.7. The number of amides is 1. The molecule has 0 saturated heterocycles. The lowest BCUT2D eigenvalue weighted by Gasteiger charge is -2.32. The molecule has 3 rings (SSSR count). The Balaban J connectivity index is 1.62. The highest BCUT2D eigenvalue weighted by atomic mass is 35.5. The number of ketones is 1. The van der Waals surface area contributed by atoms with E-state index in [9.17, 15) is 24.6 Å². The maximum absolute atomic E-state index is 12.3. The number of aliphatic carboxylic acids is 1. The van der Waals surface area contributed by atoms with Gasteiger partial charge in [-0.15, -0.1) is 0 Å². The molecule has 1 unspecified atom stereocenters. The number of carbonyl (C=O) groups excluding carboxylic acids is 2. The zero-order valence-corrected chi connectivity index (χ0v) is 18.4. The van der Waals surface area contributed by atoms with Gasteiger partial charge in [-0.05, 0) is 31.5 Å². The van der Waals surface area contributed by atoms with Crippen molar-refractivity contribution in [3.63, 3.8) is 0 Å². The minimum atomic E-state index is -0.988. The summed E-state index contributed by atoms with van der Waals surface area (Å²) in [6.07, 6.45) is -0.0239. The number of carboxylic acid groups (broad SMARTS) is 1. The summed E-state index contributed by atoms with van der Waals surface area (Å²) in [5.41, 5.74) is 0.121. The quantitative estimate of drug-likeness (QED) is 0.549. The van der Waals surface area contributed by atoms with Gasteiger partial charge in [0.25, 0.3) is 5.91 Å². The number of benzene rings is 2. The number of carbonyl (C=O) groups is 3. The van der Waals surface area contributed by atoms with Crippen LogP contribution in [0, 0.1) is 0 Å². The molecule has 2 aromatic carbocycles. The molecule has 1 aliphatic heterocycles. The van der Waals surface area contributed by atoms with E-state index in [-0.39, 0.29) is 54.6 Å². The van der Waals surface area contributed by atoms with Gasteiger partial charge in [-0.3, -0.25) is 14.4 Å². The van der Waals surface area contributed by atoms with Crippen LogP contribution in [0.3, 0.4) is 0 Å². The van der Waals surface area contributed by atoms with Crippen LogP contribution in [0.25, 0.3) is 0 Å². The zero-order chi connectivity index (χ0) is 23.5. The van der Waals surface area contributed by atoms with Gasteiger partial charge < -0.3 is 25.0 Å². The van der Waals surface area contributed by atoms with E-state index in [1.807, 2.05) is 0 Å². The molecule has 1 heterocycles. The van der Waals surface area contributed by atoms with Gasteiger partial charge in [-0.1, -0.05) is 23.7 Å². The molecule has 8 nitrogen and oxygen atoms in total. The summed E-state index contributed by atoms with van der Waals surface area (Å²) in [6.45, 7) is 3.26. The first kappa shape index (κ1) is 23.4. The molecule has 0 aliphatic carbocycles. The van der Waals surface area contributed by atoms with E-state index in [0.29, 0.717) is 5.02 Å². The van der Waals surface area contributed by atoms with E-state index in [0.717, 1.165) is 5.56 Å². The Bertz CT molecular complexity index is 1030. The summed E-state index contributed by atoms with van der Waals surface area (Å²) in [5, 5.41) is 22.6. The van der Waals surface area contributed by atoms with E-state index in [1.54, 1.807) is 38.1 Å². The van der Waals surface area contributed by atoms with Crippen LogP contribution >= 0.6 is 11.6 Å². The molecule has 170 valence electrons. The molecule has 1 atom stereocenters. The van der Waals surface area contributed by atoms with Gasteiger partial charge in [0, 0.05) is 29.6 Å². The first-order chi connectivity index (χ1) is 15.0. The van der Waals surface area contributed by atoms with Crippen LogP contribution in [-0.4, -0.2) is 46.6 Å². The lowest BCUT2D eigenvalue weighted by atomic mass is 9.92. The summed E-state index contributed by atoms with van der Waals surface area (Å²) in [5.74, 6) is -2.04. The molecular weight excluding hydrogens is 438 g/mol. The SMILES string of the molecule is CC1(C)CC(=O)c2c(O)cc(OCC(=O)NCC(CC(=O)O)c3ccc(Cl)cc3)cc2O1. The fraction of sp³-hybridized carbons (Fsp3) is 0.348. The number of fused-ring (bicyclic) bond motifs is 1. The fourth-order valence-corrected chi connectivity index (χ4v) is 3.65. The minimum Gasteiger partial charge on any atom is -0.507 e. The third-order valence-corrected chi connectivity index (χ3v) is 5.24. The van der Waals surface area contributed by atoms with Crippen LogP contribution in [0.15, 0.2) is 36.4 Å². The van der Waals surface area contributed by atoms with Crippen LogP contribution < -0.4 is 14.8 Å². The molecule has 0 radical (unpaired) electrons. The van der Waals surface area contributed by atoms with Crippen LogP contribution in [-0.2, 0) is 9.59 Å². The molecule has 1 amide bonds. The van der Waals surface area contributed by atoms with E-state index in [2.05, 4.69) is 5.32 Å². The van der Waals surface area contributed by atoms with E-state index < -0.39 is 23.4 Å². The van der Waals surface area contributed by atoms with Crippen LogP contribution in [0.2, 0.25) is 5.02 Å². The van der Waals surface area contributed by atoms with Gasteiger partial charge in [0.2, 0.25) is 0 Å². The number of carboxylic acids is 1. The Morgan fingerprint density at radius 2 is 1.94 bits per heavy atom. The lowest BCUT2D eigenvalue weighted by Crippen LogP contribution is -2.36. The van der Waals surface area contributed by atoms with Gasteiger partial charge in [0.05, 0.1) is 12.8 Å². The maximum Gasteiger partial charge on any atom is 0.304 e. The van der Waals surface area contributed by atoms with Gasteiger partial charge in [-0.25, -0.2) is 0 Å². The first-order valence-electron chi connectivity index (χ1n) is 10.00. The van der Waals surface area contributed by atoms with Crippen molar-refractivity contribution in [2.45, 2.75) is 38.2 Å². The van der Waals surface area contributed by atoms with Gasteiger partial charge in [0.15, 0.2) is 12.4 Å². The predicted molar refractivity (Wildman–Crippen MR) is 117 cm³/mol. The molecule has 9 heteroatoms. The maximum atomic E-state index is 12.3. The lowest BCUT2D eigenvalue weighted by molar-refractivity contribution is -0.137. The van der Waals surface area contributed by atoms with Crippen molar-refractivity contribution in [2.24, 2.45) is 0 Å². The minimum absolute atomic E-state index is 0.0946. The molecule has 3 N–H and O–H groups in total. The summed E-state index contributed by atoms with van der Waals surface area (Å²) >= 11 is 5.88. The van der Waals surface area contributed by atoms with E-state index in [4.69, 9.17) is 21.1 Å². The summed E-state index contributed by atoms with van der Waals surface area (Å²) in [6, 6.07) is 9.48. The molecule has 0 fully saturated rings. The van der Waals surface area contributed by atoms with Crippen molar-refractivity contribution in [3.05, 3.63) is 52.5 Å². The van der Waals surface area contributed by atoms with Crippen molar-refractivity contribution >= 4 is 29.3 Å². The molecule has 32 heavy (non-hydrogen) atoms. The molecule has 0 saturated carbocycles. The third kappa shape index (κ3) is 5.91. The number of hydrogen-bond acceptors (Lipinski definition) is 6. The largest absolute Gasteiger partial charge is 0.507 e. The Kier molecular flexibility index (Phi) is 6.93. The molecule has 0 spiro atoms. The van der Waals surface area contributed by atoms with Crippen molar-refractivity contribution in [1.29, 1.82) is 0 Å². The Hall–Kier alpha value is -3.26. The van der Waals surface area contributed by atoms with Crippen molar-refractivity contribution < 1.29 is 34.1 Å². The van der Waals surface area contributed by atoms with Gasteiger partial charge in [0.1, 0.15) is 28.4 Å². The molecule has 2 aromatic rings. The van der Waals surface area contributed by atoms with Gasteiger partial charge >= 0.3 is 5.97 Å². The molecule has 0 aromatic heterocycles. The second kappa shape index (κ2) is 9.48. The highest BCUT2D eigenvalue weighted by molar-refractivity contribution is 6.30. The van der Waals surface area contributed by atoms with Crippen LogP contribution in [0.4, 0.5) is 0 Å². The normalized spacial score (nSPS) is 15.3. The Morgan fingerprint density at radius 3 is 2.59 bits per heavy atom. The number of phenols is 1. The number of nitrogens with one attached hydrogen (secondary N) is 1. The second-order valence-electron chi connectivity index (χ2n) is 8.22. The fourth-order valence-electron chi connectivity index (χ4n) is 3.52. The number of aromatic hydroxyl groups is 1. The van der Waals surface area contributed by atoms with Gasteiger partial charge in [-0.2, -0.15) is 0 Å². The van der Waals surface area contributed by atoms with E-state index >= 15 is 0 Å². The molecular formula is C23H24ClNO7. The summed E-state index contributed by atoms with van der Waals surface area (Å²) in [7, 11) is 0. The molecule has 1 aliphatic rings. The second-order valence-corrected chi connectivity index (χ2v) is 8.65. The summed E-state index contributed by atoms with van der Waals surface area (Å²) in [4.78, 5) is 35.7. The molecule has 0 bridgehead atoms. The van der Waals surface area contributed by atoms with Crippen molar-refractivity contribution in [1.82, 2.24) is 5.32 Å². The monoisotopic (exact) mass is 461 g/mol. The number of rotatable bonds is 8. The van der Waals surface area contributed by atoms with Crippen molar-refractivity contribution in [2.75, 3.05) is 13.2 Å². The Morgan fingerprint density at radius 1 is 1.25 bits per heavy atom. The third-order valence-electron chi connectivity index (χ3n) is 4.98. The average molecular weight is 462 g/mol. The summed E-state index contributed by atoms with van der Waals surface area (Å²) < 4.78 is 11.2. The number of phenolic OH excluding ortho intramolecular Hbond substituents is 1. The highest BCUT2D eigenvalue weighted by Crippen LogP contribution is 2.40. The standard InChI is InChI=1S/C23H24ClNO7/c1-23(2)10-18(27)22-17(26)8-16(9-19(22)32-23)31-12-20(28)25-11-14(7-21(29)30)13-3-5-15(24)6-4-13/h3-6,8-9,14,26H,7,10-12H2,1-2H3,(H,25,28)(H,29,30). The van der Waals surface area contributed by atoms with Crippen molar-refractivity contribution in [3.8, 4) is 17.2 Å². The number of halogens is 1. The Labute approximate surface area is 190 Å². The number of hydrogen-bond donors (Lipinski definition) is 3. The van der Waals surface area contributed by atoms with Crippen LogP contribution in [0.1, 0.15) is 48.5 Å². The topological polar surface area (TPSA) is 122 Å². The van der Waals surface area contributed by atoms with E-state index in [1.165, 1.54) is 12.1 Å². The van der Waals surface area contributed by atoms with Crippen LogP contribution in [0.5, 0.6) is 17.2 Å². The highest BCUT2D eigenvalue weighted by Gasteiger charge is 2.35. The average Bonchev–Trinajstić information content (AvgIpc) is 2.68. The number of Topliss-reactive ketones (excluding diaryl/α,β-unsaturated/α-hetero) is 1. The number of ether oxygens (including phenoxy) is 2. The first-order valence-corrected chi connectivity index (χ1v) is 10.4.